The first-order valence-electron chi connectivity index (χ1n) is 8.85. The number of nitrogens with zero attached hydrogens (tertiary/aromatic N) is 1. The van der Waals surface area contributed by atoms with Crippen molar-refractivity contribution >= 4 is 11.6 Å². The van der Waals surface area contributed by atoms with E-state index in [2.05, 4.69) is 10.5 Å². The van der Waals surface area contributed by atoms with Crippen molar-refractivity contribution in [3.8, 4) is 11.3 Å². The molecule has 5 heteroatoms. The Morgan fingerprint density at radius 3 is 2.54 bits per heavy atom. The SMILES string of the molecule is O=C(Nc1ccccc1Cc1ccccc1)c1cc(-c2cccc(F)c2)no1. The summed E-state index contributed by atoms with van der Waals surface area (Å²) < 4.78 is 18.6. The predicted octanol–water partition coefficient (Wildman–Crippen LogP) is 5.32. The van der Waals surface area contributed by atoms with Gasteiger partial charge >= 0.3 is 0 Å². The molecule has 3 aromatic carbocycles. The summed E-state index contributed by atoms with van der Waals surface area (Å²) in [5.41, 5.74) is 3.80. The zero-order chi connectivity index (χ0) is 19.3. The van der Waals surface area contributed by atoms with Gasteiger partial charge in [-0.05, 0) is 35.7 Å². The summed E-state index contributed by atoms with van der Waals surface area (Å²) in [6.45, 7) is 0. The van der Waals surface area contributed by atoms with Crippen LogP contribution in [0.1, 0.15) is 21.7 Å². The number of amides is 1. The first-order valence-corrected chi connectivity index (χ1v) is 8.85. The molecular weight excluding hydrogens is 355 g/mol. The maximum atomic E-state index is 13.4. The van der Waals surface area contributed by atoms with Crippen molar-refractivity contribution in [1.29, 1.82) is 0 Å². The van der Waals surface area contributed by atoms with Crippen molar-refractivity contribution < 1.29 is 13.7 Å². The van der Waals surface area contributed by atoms with Gasteiger partial charge in [0.1, 0.15) is 11.5 Å². The van der Waals surface area contributed by atoms with Gasteiger partial charge in [0, 0.05) is 17.3 Å². The fraction of sp³-hybridized carbons (Fsp3) is 0.0435. The second-order valence-corrected chi connectivity index (χ2v) is 6.36. The summed E-state index contributed by atoms with van der Waals surface area (Å²) >= 11 is 0. The molecule has 0 aliphatic heterocycles. The van der Waals surface area contributed by atoms with Crippen LogP contribution >= 0.6 is 0 Å². The molecule has 4 aromatic rings. The van der Waals surface area contributed by atoms with Gasteiger partial charge in [0.2, 0.25) is 5.76 Å². The highest BCUT2D eigenvalue weighted by Crippen LogP contribution is 2.23. The van der Waals surface area contributed by atoms with E-state index in [1.165, 1.54) is 18.2 Å². The molecule has 0 aliphatic rings. The second kappa shape index (κ2) is 7.88. The molecule has 1 amide bonds. The van der Waals surface area contributed by atoms with Crippen molar-refractivity contribution in [2.45, 2.75) is 6.42 Å². The van der Waals surface area contributed by atoms with E-state index in [1.54, 1.807) is 12.1 Å². The molecule has 0 saturated carbocycles. The Morgan fingerprint density at radius 2 is 1.71 bits per heavy atom. The lowest BCUT2D eigenvalue weighted by Gasteiger charge is -2.10. The Morgan fingerprint density at radius 1 is 0.929 bits per heavy atom. The molecule has 0 saturated heterocycles. The molecule has 4 nitrogen and oxygen atoms in total. The topological polar surface area (TPSA) is 55.1 Å². The first kappa shape index (κ1) is 17.7. The van der Waals surface area contributed by atoms with Crippen LogP contribution < -0.4 is 5.32 Å². The van der Waals surface area contributed by atoms with Crippen LogP contribution in [0.15, 0.2) is 89.5 Å². The average molecular weight is 372 g/mol. The lowest BCUT2D eigenvalue weighted by molar-refractivity contribution is 0.0988. The number of carbonyl (C=O) groups is 1. The fourth-order valence-electron chi connectivity index (χ4n) is 2.96. The smallest absolute Gasteiger partial charge is 0.294 e. The molecule has 4 rings (SSSR count). The van der Waals surface area contributed by atoms with Gasteiger partial charge in [-0.3, -0.25) is 4.79 Å². The number of aromatic nitrogens is 1. The number of hydrogen-bond acceptors (Lipinski definition) is 3. The fourth-order valence-corrected chi connectivity index (χ4v) is 2.96. The highest BCUT2D eigenvalue weighted by atomic mass is 19.1. The number of anilines is 1. The van der Waals surface area contributed by atoms with Gasteiger partial charge in [0.05, 0.1) is 0 Å². The van der Waals surface area contributed by atoms with E-state index in [4.69, 9.17) is 4.52 Å². The van der Waals surface area contributed by atoms with Crippen molar-refractivity contribution in [3.05, 3.63) is 108 Å². The van der Waals surface area contributed by atoms with Crippen molar-refractivity contribution in [2.24, 2.45) is 0 Å². The van der Waals surface area contributed by atoms with Crippen LogP contribution in [0.2, 0.25) is 0 Å². The normalized spacial score (nSPS) is 10.6. The quantitative estimate of drug-likeness (QED) is 0.516. The molecule has 0 unspecified atom stereocenters. The van der Waals surface area contributed by atoms with Crippen molar-refractivity contribution in [1.82, 2.24) is 5.16 Å². The number of benzene rings is 3. The van der Waals surface area contributed by atoms with Gasteiger partial charge in [0.25, 0.3) is 5.91 Å². The maximum Gasteiger partial charge on any atom is 0.294 e. The summed E-state index contributed by atoms with van der Waals surface area (Å²) in [6, 6.07) is 25.1. The Hall–Kier alpha value is -3.73. The number of halogens is 1. The summed E-state index contributed by atoms with van der Waals surface area (Å²) in [7, 11) is 0. The minimum Gasteiger partial charge on any atom is -0.350 e. The van der Waals surface area contributed by atoms with Gasteiger partial charge in [-0.1, -0.05) is 65.8 Å². The Kier molecular flexibility index (Phi) is 4.97. The van der Waals surface area contributed by atoms with Crippen molar-refractivity contribution in [2.75, 3.05) is 5.32 Å². The molecule has 0 aliphatic carbocycles. The lowest BCUT2D eigenvalue weighted by atomic mass is 10.0. The molecule has 0 radical (unpaired) electrons. The molecule has 0 spiro atoms. The first-order chi connectivity index (χ1) is 13.7. The highest BCUT2D eigenvalue weighted by Gasteiger charge is 2.16. The molecule has 1 heterocycles. The van der Waals surface area contributed by atoms with E-state index in [-0.39, 0.29) is 11.6 Å². The third-order valence-electron chi connectivity index (χ3n) is 4.36. The summed E-state index contributed by atoms with van der Waals surface area (Å²) in [6.07, 6.45) is 0.697. The van der Waals surface area contributed by atoms with Crippen LogP contribution in [0.3, 0.4) is 0 Å². The van der Waals surface area contributed by atoms with Gasteiger partial charge < -0.3 is 9.84 Å². The van der Waals surface area contributed by atoms with Crippen LogP contribution in [0.4, 0.5) is 10.1 Å². The van der Waals surface area contributed by atoms with Crippen LogP contribution in [0.25, 0.3) is 11.3 Å². The van der Waals surface area contributed by atoms with Crippen LogP contribution in [-0.4, -0.2) is 11.1 Å². The number of hydrogen-bond donors (Lipinski definition) is 1. The van der Waals surface area contributed by atoms with E-state index >= 15 is 0 Å². The van der Waals surface area contributed by atoms with Gasteiger partial charge in [-0.2, -0.15) is 0 Å². The molecule has 1 N–H and O–H groups in total. The number of nitrogens with one attached hydrogen (secondary N) is 1. The van der Waals surface area contributed by atoms with E-state index in [9.17, 15) is 9.18 Å². The maximum absolute atomic E-state index is 13.4. The lowest BCUT2D eigenvalue weighted by Crippen LogP contribution is -2.12. The van der Waals surface area contributed by atoms with E-state index < -0.39 is 5.91 Å². The third kappa shape index (κ3) is 3.99. The Labute approximate surface area is 161 Å². The monoisotopic (exact) mass is 372 g/mol. The largest absolute Gasteiger partial charge is 0.350 e. The standard InChI is InChI=1S/C23H17FN2O2/c24-19-11-6-10-18(14-19)21-15-22(28-26-21)23(27)25-20-12-5-4-9-17(20)13-16-7-2-1-3-8-16/h1-12,14-15H,13H2,(H,25,27). The minimum absolute atomic E-state index is 0.0637. The molecule has 1 aromatic heterocycles. The van der Waals surface area contributed by atoms with Crippen LogP contribution in [-0.2, 0) is 6.42 Å². The van der Waals surface area contributed by atoms with Crippen LogP contribution in [0, 0.1) is 5.82 Å². The summed E-state index contributed by atoms with van der Waals surface area (Å²) in [5.74, 6) is -0.717. The molecular formula is C23H17FN2O2. The highest BCUT2D eigenvalue weighted by molar-refractivity contribution is 6.03. The van der Waals surface area contributed by atoms with E-state index in [0.29, 0.717) is 23.4 Å². The zero-order valence-corrected chi connectivity index (χ0v) is 14.9. The zero-order valence-electron chi connectivity index (χ0n) is 14.9. The van der Waals surface area contributed by atoms with Crippen molar-refractivity contribution in [3.63, 3.8) is 0 Å². The summed E-state index contributed by atoms with van der Waals surface area (Å²) in [4.78, 5) is 12.6. The Balaban J connectivity index is 1.53. The van der Waals surface area contributed by atoms with Gasteiger partial charge in [-0.25, -0.2) is 4.39 Å². The predicted molar refractivity (Wildman–Crippen MR) is 106 cm³/mol. The number of rotatable bonds is 5. The molecule has 0 atom stereocenters. The Bertz CT molecular complexity index is 1110. The minimum atomic E-state index is -0.407. The molecule has 0 bridgehead atoms. The van der Waals surface area contributed by atoms with Gasteiger partial charge in [0.15, 0.2) is 0 Å². The number of para-hydroxylation sites is 1. The summed E-state index contributed by atoms with van der Waals surface area (Å²) in [5, 5.41) is 6.75. The van der Waals surface area contributed by atoms with E-state index in [0.717, 1.165) is 11.1 Å². The molecule has 28 heavy (non-hydrogen) atoms. The third-order valence-corrected chi connectivity index (χ3v) is 4.36. The number of carbonyl (C=O) groups excluding carboxylic acids is 1. The van der Waals surface area contributed by atoms with Crippen LogP contribution in [0.5, 0.6) is 0 Å². The second-order valence-electron chi connectivity index (χ2n) is 6.36. The van der Waals surface area contributed by atoms with E-state index in [1.807, 2.05) is 54.6 Å². The molecule has 0 fully saturated rings. The average Bonchev–Trinajstić information content (AvgIpc) is 3.21. The van der Waals surface area contributed by atoms with Gasteiger partial charge in [-0.15, -0.1) is 0 Å². The molecule has 138 valence electrons.